The molecular formula is C20H14Cl2N4O3S. The van der Waals surface area contributed by atoms with Gasteiger partial charge in [0, 0.05) is 18.1 Å². The van der Waals surface area contributed by atoms with Crippen LogP contribution in [0.15, 0.2) is 70.7 Å². The fourth-order valence-corrected chi connectivity index (χ4v) is 5.28. The third-order valence-corrected chi connectivity index (χ3v) is 7.15. The first kappa shape index (κ1) is 20.3. The topological polar surface area (TPSA) is 105 Å². The number of benzene rings is 2. The molecule has 1 amide bonds. The van der Waals surface area contributed by atoms with Gasteiger partial charge in [-0.25, -0.2) is 13.4 Å². The molecule has 0 fully saturated rings. The van der Waals surface area contributed by atoms with E-state index in [1.165, 1.54) is 30.5 Å². The Morgan fingerprint density at radius 3 is 2.43 bits per heavy atom. The van der Waals surface area contributed by atoms with Crippen LogP contribution in [0.2, 0.25) is 10.0 Å². The van der Waals surface area contributed by atoms with Crippen LogP contribution >= 0.6 is 23.2 Å². The Balaban J connectivity index is 1.49. The van der Waals surface area contributed by atoms with Crippen molar-refractivity contribution >= 4 is 50.0 Å². The molecule has 2 N–H and O–H groups in total. The van der Waals surface area contributed by atoms with Gasteiger partial charge in [-0.1, -0.05) is 41.4 Å². The van der Waals surface area contributed by atoms with E-state index in [-0.39, 0.29) is 32.3 Å². The van der Waals surface area contributed by atoms with Crippen LogP contribution in [0.5, 0.6) is 0 Å². The molecule has 0 radical (unpaired) electrons. The van der Waals surface area contributed by atoms with Crippen LogP contribution in [0, 0.1) is 0 Å². The molecule has 2 aromatic heterocycles. The van der Waals surface area contributed by atoms with E-state index in [1.807, 2.05) is 0 Å². The van der Waals surface area contributed by atoms with Crippen LogP contribution in [-0.2, 0) is 16.4 Å². The van der Waals surface area contributed by atoms with E-state index in [4.69, 9.17) is 23.2 Å². The second-order valence-corrected chi connectivity index (χ2v) is 9.11. The van der Waals surface area contributed by atoms with E-state index in [9.17, 15) is 13.2 Å². The molecule has 0 aliphatic heterocycles. The predicted octanol–water partition coefficient (Wildman–Crippen LogP) is 4.03. The Bertz CT molecular complexity index is 1330. The lowest BCUT2D eigenvalue weighted by atomic mass is 10.2. The number of rotatable bonds is 5. The molecule has 4 rings (SSSR count). The zero-order valence-corrected chi connectivity index (χ0v) is 17.6. The van der Waals surface area contributed by atoms with Crippen molar-refractivity contribution in [3.8, 4) is 0 Å². The van der Waals surface area contributed by atoms with Crippen molar-refractivity contribution < 1.29 is 13.2 Å². The van der Waals surface area contributed by atoms with Crippen LogP contribution in [0.1, 0.15) is 15.9 Å². The minimum atomic E-state index is -3.87. The molecule has 0 saturated heterocycles. The van der Waals surface area contributed by atoms with Crippen LogP contribution in [0.4, 0.5) is 0 Å². The number of sulfone groups is 1. The highest BCUT2D eigenvalue weighted by Crippen LogP contribution is 2.33. The van der Waals surface area contributed by atoms with Gasteiger partial charge in [-0.15, -0.1) is 0 Å². The highest BCUT2D eigenvalue weighted by atomic mass is 35.5. The molecule has 0 unspecified atom stereocenters. The molecule has 0 spiro atoms. The summed E-state index contributed by atoms with van der Waals surface area (Å²) in [5, 5.41) is 10.2. The molecule has 0 bridgehead atoms. The third kappa shape index (κ3) is 3.89. The van der Waals surface area contributed by atoms with Gasteiger partial charge >= 0.3 is 0 Å². The van der Waals surface area contributed by atoms with Gasteiger partial charge < -0.3 is 5.32 Å². The number of carbonyl (C=O) groups excluding carboxylic acids is 1. The van der Waals surface area contributed by atoms with Crippen molar-refractivity contribution in [2.24, 2.45) is 0 Å². The van der Waals surface area contributed by atoms with Crippen LogP contribution in [-0.4, -0.2) is 29.5 Å². The van der Waals surface area contributed by atoms with Gasteiger partial charge in [0.25, 0.3) is 5.91 Å². The summed E-state index contributed by atoms with van der Waals surface area (Å²) >= 11 is 12.1. The van der Waals surface area contributed by atoms with Gasteiger partial charge in [0.05, 0.1) is 26.7 Å². The van der Waals surface area contributed by atoms with Crippen LogP contribution in [0.25, 0.3) is 11.0 Å². The number of halogens is 2. The van der Waals surface area contributed by atoms with E-state index >= 15 is 0 Å². The number of fused-ring (bicyclic) bond motifs is 1. The third-order valence-electron chi connectivity index (χ3n) is 4.43. The molecule has 4 aromatic rings. The van der Waals surface area contributed by atoms with E-state index in [0.29, 0.717) is 11.2 Å². The van der Waals surface area contributed by atoms with Crippen molar-refractivity contribution in [2.75, 3.05) is 0 Å². The second-order valence-electron chi connectivity index (χ2n) is 6.41. The largest absolute Gasteiger partial charge is 0.348 e. The lowest BCUT2D eigenvalue weighted by Crippen LogP contribution is -2.22. The molecule has 10 heteroatoms. The fourth-order valence-electron chi connectivity index (χ4n) is 2.89. The van der Waals surface area contributed by atoms with E-state index in [0.717, 1.165) is 10.9 Å². The van der Waals surface area contributed by atoms with Gasteiger partial charge in [-0.05, 0) is 35.9 Å². The monoisotopic (exact) mass is 460 g/mol. The van der Waals surface area contributed by atoms with Crippen molar-refractivity contribution in [1.29, 1.82) is 0 Å². The molecule has 0 aliphatic rings. The summed E-state index contributed by atoms with van der Waals surface area (Å²) in [6.07, 6.45) is 3.04. The van der Waals surface area contributed by atoms with Gasteiger partial charge in [0.1, 0.15) is 4.90 Å². The highest BCUT2D eigenvalue weighted by molar-refractivity contribution is 7.91. The Morgan fingerprint density at radius 2 is 1.73 bits per heavy atom. The summed E-state index contributed by atoms with van der Waals surface area (Å²) in [7, 11) is -3.87. The summed E-state index contributed by atoms with van der Waals surface area (Å²) in [6.45, 7) is 0.218. The molecule has 7 nitrogen and oxygen atoms in total. The zero-order chi connectivity index (χ0) is 21.3. The van der Waals surface area contributed by atoms with Gasteiger partial charge in [-0.3, -0.25) is 9.89 Å². The number of nitrogens with zero attached hydrogens (tertiary/aromatic N) is 2. The highest BCUT2D eigenvalue weighted by Gasteiger charge is 2.23. The van der Waals surface area contributed by atoms with Crippen molar-refractivity contribution in [3.63, 3.8) is 0 Å². The maximum absolute atomic E-state index is 12.9. The molecule has 152 valence electrons. The maximum atomic E-state index is 12.9. The summed E-state index contributed by atoms with van der Waals surface area (Å²) in [5.41, 5.74) is 1.73. The minimum absolute atomic E-state index is 0.0574. The fraction of sp³-hybridized carbons (Fsp3) is 0.0500. The average molecular weight is 461 g/mol. The number of H-pyrrole nitrogens is 1. The number of hydrogen-bond donors (Lipinski definition) is 2. The first-order chi connectivity index (χ1) is 14.4. The summed E-state index contributed by atoms with van der Waals surface area (Å²) in [5.74, 6) is -0.301. The standard InChI is InChI=1S/C20H14Cl2N4O3S/c21-16-2-1-3-17(22)18(16)30(28,29)15-6-4-12(5-7-15)9-24-20(27)14-8-13-11-25-26-19(13)23-10-14/h1-8,10-11H,9H2,(H,24,27)(H,23,25,26). The predicted molar refractivity (Wildman–Crippen MR) is 113 cm³/mol. The molecule has 0 saturated carbocycles. The summed E-state index contributed by atoms with van der Waals surface area (Å²) < 4.78 is 25.7. The SMILES string of the molecule is O=C(NCc1ccc(S(=O)(=O)c2c(Cl)cccc2Cl)cc1)c1cnc2[nH]ncc2c1. The van der Waals surface area contributed by atoms with Crippen molar-refractivity contribution in [1.82, 2.24) is 20.5 Å². The zero-order valence-electron chi connectivity index (χ0n) is 15.3. The Kier molecular flexibility index (Phi) is 5.46. The molecule has 0 aliphatic carbocycles. The number of pyridine rings is 1. The number of nitrogens with one attached hydrogen (secondary N) is 2. The lowest BCUT2D eigenvalue weighted by molar-refractivity contribution is 0.0950. The Labute approximate surface area is 182 Å². The van der Waals surface area contributed by atoms with Gasteiger partial charge in [0.15, 0.2) is 5.65 Å². The number of amides is 1. The molecular weight excluding hydrogens is 447 g/mol. The van der Waals surface area contributed by atoms with Crippen LogP contribution < -0.4 is 5.32 Å². The number of hydrogen-bond acceptors (Lipinski definition) is 5. The van der Waals surface area contributed by atoms with E-state index in [1.54, 1.807) is 30.5 Å². The van der Waals surface area contributed by atoms with E-state index in [2.05, 4.69) is 20.5 Å². The van der Waals surface area contributed by atoms with Gasteiger partial charge in [-0.2, -0.15) is 5.10 Å². The maximum Gasteiger partial charge on any atom is 0.253 e. The molecule has 30 heavy (non-hydrogen) atoms. The van der Waals surface area contributed by atoms with Crippen molar-refractivity contribution in [3.05, 3.63) is 82.1 Å². The number of carbonyl (C=O) groups is 1. The lowest BCUT2D eigenvalue weighted by Gasteiger charge is -2.10. The Hall–Kier alpha value is -2.94. The first-order valence-corrected chi connectivity index (χ1v) is 11.0. The normalized spacial score (nSPS) is 11.5. The van der Waals surface area contributed by atoms with Gasteiger partial charge in [0.2, 0.25) is 9.84 Å². The molecule has 2 heterocycles. The Morgan fingerprint density at radius 1 is 1.03 bits per heavy atom. The number of aromatic nitrogens is 3. The second kappa shape index (κ2) is 8.06. The summed E-state index contributed by atoms with van der Waals surface area (Å²) in [6, 6.07) is 12.4. The minimum Gasteiger partial charge on any atom is -0.348 e. The molecule has 0 atom stereocenters. The number of aromatic amines is 1. The average Bonchev–Trinajstić information content (AvgIpc) is 3.20. The van der Waals surface area contributed by atoms with Crippen LogP contribution in [0.3, 0.4) is 0 Å². The first-order valence-electron chi connectivity index (χ1n) is 8.71. The summed E-state index contributed by atoms with van der Waals surface area (Å²) in [4.78, 5) is 16.4. The van der Waals surface area contributed by atoms with E-state index < -0.39 is 9.84 Å². The van der Waals surface area contributed by atoms with Crippen molar-refractivity contribution in [2.45, 2.75) is 16.3 Å². The quantitative estimate of drug-likeness (QED) is 0.467. The molecule has 2 aromatic carbocycles. The smallest absolute Gasteiger partial charge is 0.253 e.